The van der Waals surface area contributed by atoms with Crippen molar-refractivity contribution in [1.29, 1.82) is 0 Å². The molecule has 0 aliphatic carbocycles. The van der Waals surface area contributed by atoms with Crippen LogP contribution in [0.15, 0.2) is 0 Å². The van der Waals surface area contributed by atoms with Gasteiger partial charge in [0.15, 0.2) is 0 Å². The van der Waals surface area contributed by atoms with Crippen molar-refractivity contribution in [1.82, 2.24) is 0 Å². The summed E-state index contributed by atoms with van der Waals surface area (Å²) >= 11 is 0. The number of hydrogen-bond acceptors (Lipinski definition) is 6. The fraction of sp³-hybridized carbons (Fsp3) is 1.00. The number of rotatable bonds is 6. The molecule has 0 atom stereocenters. The molecule has 0 fully saturated rings. The van der Waals surface area contributed by atoms with E-state index < -0.39 is 19.1 Å². The molecule has 0 radical (unpaired) electrons. The predicted molar refractivity (Wildman–Crippen MR) is 65.1 cm³/mol. The Bertz CT molecular complexity index is 189. The summed E-state index contributed by atoms with van der Waals surface area (Å²) in [6.07, 6.45) is 0. The minimum Gasteiger partial charge on any atom is -0.362 e. The zero-order valence-corrected chi connectivity index (χ0v) is 13.6. The van der Waals surface area contributed by atoms with Gasteiger partial charge in [-0.3, -0.25) is 5.40 Å². The van der Waals surface area contributed by atoms with Gasteiger partial charge in [-0.05, 0) is 20.8 Å². The third kappa shape index (κ3) is 14.2. The molecule has 9 heteroatoms. The Labute approximate surface area is 96.6 Å². The molecule has 0 aliphatic heterocycles. The lowest BCUT2D eigenvalue weighted by Gasteiger charge is -2.22. The molecule has 0 bridgehead atoms. The Morgan fingerprint density at radius 2 is 1.27 bits per heavy atom. The van der Waals surface area contributed by atoms with E-state index in [9.17, 15) is 0 Å². The van der Waals surface area contributed by atoms with Crippen molar-refractivity contribution in [2.45, 2.75) is 20.8 Å². The maximum absolute atomic E-state index is 9.10. The third-order valence-electron chi connectivity index (χ3n) is 1.04. The lowest BCUT2D eigenvalue weighted by Crippen LogP contribution is -2.55. The maximum Gasteiger partial charge on any atom is 0.594 e. The van der Waals surface area contributed by atoms with E-state index in [0.717, 1.165) is 0 Å². The molecule has 0 aliphatic rings. The maximum atomic E-state index is 9.10. The van der Waals surface area contributed by atoms with Crippen LogP contribution < -0.4 is 5.40 Å². The monoisotopic (exact) mass is 275 g/mol. The van der Waals surface area contributed by atoms with Crippen molar-refractivity contribution in [3.8, 4) is 0 Å². The van der Waals surface area contributed by atoms with Crippen LogP contribution in [0.25, 0.3) is 0 Å². The molecule has 0 unspecified atom stereocenters. The molecule has 0 spiro atoms. The van der Waals surface area contributed by atoms with Crippen molar-refractivity contribution in [2.75, 3.05) is 19.8 Å². The van der Waals surface area contributed by atoms with E-state index >= 15 is 0 Å². The van der Waals surface area contributed by atoms with Crippen molar-refractivity contribution in [2.24, 2.45) is 5.40 Å². The molecule has 15 heavy (non-hydrogen) atoms. The summed E-state index contributed by atoms with van der Waals surface area (Å²) in [7, 11) is -4.43. The van der Waals surface area contributed by atoms with Gasteiger partial charge < -0.3 is 13.3 Å². The summed E-state index contributed by atoms with van der Waals surface area (Å²) < 4.78 is 33.7. The molecule has 2 N–H and O–H groups in total. The van der Waals surface area contributed by atoms with E-state index in [1.165, 1.54) is 0 Å². The Kier molecular flexibility index (Phi) is 12.6. The molecule has 0 saturated carbocycles. The SMILES string of the molecule is CCO[Si](N)(OCC)OCC.O=[SH](=O)[SiH3]. The van der Waals surface area contributed by atoms with Crippen LogP contribution in [0.3, 0.4) is 0 Å². The number of thiol groups is 1. The molecule has 0 amide bonds. The zero-order valence-electron chi connectivity index (χ0n) is 9.69. The molecule has 94 valence electrons. The summed E-state index contributed by atoms with van der Waals surface area (Å²) in [6, 6.07) is 0. The molecule has 0 rings (SSSR count). The van der Waals surface area contributed by atoms with Crippen LogP contribution >= 0.6 is 0 Å². The van der Waals surface area contributed by atoms with Crippen molar-refractivity contribution in [3.63, 3.8) is 0 Å². The van der Waals surface area contributed by atoms with Gasteiger partial charge in [-0.25, -0.2) is 8.42 Å². The molecule has 6 nitrogen and oxygen atoms in total. The van der Waals surface area contributed by atoms with Crippen LogP contribution in [0, 0.1) is 0 Å². The van der Waals surface area contributed by atoms with E-state index in [1.807, 2.05) is 20.8 Å². The normalized spacial score (nSPS) is 11.3. The van der Waals surface area contributed by atoms with E-state index in [1.54, 1.807) is 0 Å². The Morgan fingerprint density at radius 1 is 1.07 bits per heavy atom. The van der Waals surface area contributed by atoms with Crippen molar-refractivity contribution < 1.29 is 21.7 Å². The summed E-state index contributed by atoms with van der Waals surface area (Å²) in [5.74, 6) is 0. The van der Waals surface area contributed by atoms with E-state index in [2.05, 4.69) is 0 Å². The summed E-state index contributed by atoms with van der Waals surface area (Å²) in [4.78, 5) is 0. The first-order valence-electron chi connectivity index (χ1n) is 4.70. The molecule has 0 aromatic carbocycles. The Morgan fingerprint density at radius 3 is 1.40 bits per heavy atom. The molecule has 0 aromatic rings. The number of hydrogen-bond donors (Lipinski definition) is 2. The van der Waals surface area contributed by atoms with Crippen LogP contribution in [0.1, 0.15) is 20.8 Å². The lowest BCUT2D eigenvalue weighted by atomic mass is 10.9. The van der Waals surface area contributed by atoms with Gasteiger partial charge in [0.25, 0.3) is 0 Å². The van der Waals surface area contributed by atoms with Gasteiger partial charge in [0.2, 0.25) is 0 Å². The quantitative estimate of drug-likeness (QED) is 0.447. The fourth-order valence-corrected chi connectivity index (χ4v) is 2.19. The first-order valence-corrected chi connectivity index (χ1v) is 10.8. The lowest BCUT2D eigenvalue weighted by molar-refractivity contribution is 0.0723. The summed E-state index contributed by atoms with van der Waals surface area (Å²) in [6.45, 7) is 7.19. The largest absolute Gasteiger partial charge is 0.594 e. The van der Waals surface area contributed by atoms with Crippen molar-refractivity contribution in [3.05, 3.63) is 0 Å². The number of nitrogens with two attached hydrogens (primary N) is 1. The first kappa shape index (κ1) is 17.6. The van der Waals surface area contributed by atoms with Crippen LogP contribution in [0.5, 0.6) is 0 Å². The van der Waals surface area contributed by atoms with Crippen molar-refractivity contribution >= 4 is 28.5 Å². The van der Waals surface area contributed by atoms with Gasteiger partial charge in [0.05, 0.1) is 0 Å². The van der Waals surface area contributed by atoms with Gasteiger partial charge in [0, 0.05) is 19.8 Å². The zero-order chi connectivity index (χ0) is 12.3. The van der Waals surface area contributed by atoms with Gasteiger partial charge >= 0.3 is 8.97 Å². The van der Waals surface area contributed by atoms with E-state index in [0.29, 0.717) is 29.2 Å². The Hall–Kier alpha value is 0.224. The second-order valence-electron chi connectivity index (χ2n) is 2.34. The van der Waals surface area contributed by atoms with Crippen LogP contribution in [-0.4, -0.2) is 46.6 Å². The van der Waals surface area contributed by atoms with E-state index in [4.69, 9.17) is 27.1 Å². The highest BCUT2D eigenvalue weighted by molar-refractivity contribution is 7.96. The highest BCUT2D eigenvalue weighted by Crippen LogP contribution is 2.00. The predicted octanol–water partition coefficient (Wildman–Crippen LogP) is -1.63. The van der Waals surface area contributed by atoms with Gasteiger partial charge in [0.1, 0.15) is 19.5 Å². The molecule has 0 heterocycles. The van der Waals surface area contributed by atoms with E-state index in [-0.39, 0.29) is 0 Å². The summed E-state index contributed by atoms with van der Waals surface area (Å²) in [5.41, 5.74) is 0. The Balaban J connectivity index is 0. The average molecular weight is 275 g/mol. The van der Waals surface area contributed by atoms with Crippen LogP contribution in [-0.2, 0) is 23.4 Å². The second-order valence-corrected chi connectivity index (χ2v) is 7.49. The highest BCUT2D eigenvalue weighted by Gasteiger charge is 2.35. The van der Waals surface area contributed by atoms with Gasteiger partial charge in [-0.1, -0.05) is 0 Å². The fourth-order valence-electron chi connectivity index (χ4n) is 0.729. The smallest absolute Gasteiger partial charge is 0.362 e. The minimum atomic E-state index is -2.75. The highest BCUT2D eigenvalue weighted by atomic mass is 32.4. The molecular formula is C6H21NO5SSi2. The van der Waals surface area contributed by atoms with Gasteiger partial charge in [-0.15, -0.1) is 0 Å². The van der Waals surface area contributed by atoms with Gasteiger partial charge in [-0.2, -0.15) is 0 Å². The van der Waals surface area contributed by atoms with Crippen LogP contribution in [0.2, 0.25) is 0 Å². The topological polar surface area (TPSA) is 87.8 Å². The van der Waals surface area contributed by atoms with Crippen LogP contribution in [0.4, 0.5) is 0 Å². The molecule has 0 saturated heterocycles. The minimum absolute atomic E-state index is 0.302. The molecular weight excluding hydrogens is 254 g/mol. The standard InChI is InChI=1S/C6H17NO3Si.H4O2SSi/c1-4-8-11(7,9-5-2)10-6-3;1-3(2)4/h4-7H2,1-3H3;3H,4H3. The average Bonchev–Trinajstić information content (AvgIpc) is 2.03. The summed E-state index contributed by atoms with van der Waals surface area (Å²) in [5, 5.41) is 5.70. The first-order chi connectivity index (χ1) is 6.91. The second kappa shape index (κ2) is 10.7. The third-order valence-corrected chi connectivity index (χ3v) is 3.11. The molecule has 0 aromatic heterocycles.